The Morgan fingerprint density at radius 2 is 1.65 bits per heavy atom. The first-order valence-electron chi connectivity index (χ1n) is 26.7. The Labute approximate surface area is 485 Å². The molecule has 0 radical (unpaired) electrons. The number of ether oxygens (including phenoxy) is 4. The number of azide groups is 2. The molecule has 1 amide bonds. The lowest BCUT2D eigenvalue weighted by Gasteiger charge is -2.48. The molecule has 0 bridgehead atoms. The number of phosphoric acid groups is 3. The number of nitrogen functional groups attached to an aromatic ring is 1. The third kappa shape index (κ3) is 17.9. The highest BCUT2D eigenvalue weighted by molar-refractivity contribution is 7.66. The summed E-state index contributed by atoms with van der Waals surface area (Å²) >= 11 is 0. The molecule has 6 atom stereocenters. The van der Waals surface area contributed by atoms with Crippen LogP contribution in [0, 0.1) is 11.8 Å². The summed E-state index contributed by atoms with van der Waals surface area (Å²) in [5.41, 5.74) is 26.3. The van der Waals surface area contributed by atoms with Gasteiger partial charge in [-0.05, 0) is 77.4 Å². The van der Waals surface area contributed by atoms with E-state index in [-0.39, 0.29) is 77.5 Å². The van der Waals surface area contributed by atoms with Crippen LogP contribution in [0.2, 0.25) is 0 Å². The van der Waals surface area contributed by atoms with Crippen LogP contribution in [-0.2, 0) is 56.7 Å². The molecule has 3 aliphatic heterocycles. The maximum Gasteiger partial charge on any atom is 0.490 e. The van der Waals surface area contributed by atoms with Gasteiger partial charge in [0.15, 0.2) is 17.8 Å². The van der Waals surface area contributed by atoms with Crippen molar-refractivity contribution >= 4 is 63.4 Å². The predicted octanol–water partition coefficient (Wildman–Crippen LogP) is 7.38. The van der Waals surface area contributed by atoms with Crippen molar-refractivity contribution in [2.24, 2.45) is 10.2 Å². The molecule has 0 spiro atoms. The van der Waals surface area contributed by atoms with E-state index < -0.39 is 85.3 Å². The molecule has 458 valence electrons. The van der Waals surface area contributed by atoms with Crippen LogP contribution < -0.4 is 32.0 Å². The molecule has 5 heterocycles. The topological polar surface area (TPSA) is 452 Å². The van der Waals surface area contributed by atoms with Gasteiger partial charge in [0.1, 0.15) is 55.0 Å². The summed E-state index contributed by atoms with van der Waals surface area (Å²) in [5, 5.41) is 9.99. The van der Waals surface area contributed by atoms with Crippen molar-refractivity contribution in [1.29, 1.82) is 0 Å². The third-order valence-corrected chi connectivity index (χ3v) is 18.1. The molecule has 7 rings (SSSR count). The van der Waals surface area contributed by atoms with Crippen LogP contribution in [-0.4, -0.2) is 111 Å². The van der Waals surface area contributed by atoms with Gasteiger partial charge >= 0.3 is 34.8 Å². The minimum absolute atomic E-state index is 0.0382. The molecule has 85 heavy (non-hydrogen) atoms. The van der Waals surface area contributed by atoms with Crippen molar-refractivity contribution < 1.29 is 84.2 Å². The minimum atomic E-state index is -5.85. The smallest absolute Gasteiger partial charge is 0.490 e. The van der Waals surface area contributed by atoms with Crippen molar-refractivity contribution in [2.75, 3.05) is 56.8 Å². The summed E-state index contributed by atoms with van der Waals surface area (Å²) < 4.78 is 76.4. The zero-order valence-corrected chi connectivity index (χ0v) is 49.3. The number of amides is 1. The number of Topliss-reactive ketones (excluding diaryl/α,β-unsaturated/α-hetero) is 2. The molecule has 0 aliphatic carbocycles. The molecule has 1 fully saturated rings. The Morgan fingerprint density at radius 1 is 0.941 bits per heavy atom. The van der Waals surface area contributed by atoms with Crippen LogP contribution in [0.25, 0.3) is 31.9 Å². The number of phosphoric ester groups is 1. The predicted molar refractivity (Wildman–Crippen MR) is 302 cm³/mol. The molecule has 0 saturated carbocycles. The summed E-state index contributed by atoms with van der Waals surface area (Å²) in [6, 6.07) is 10.2. The summed E-state index contributed by atoms with van der Waals surface area (Å²) in [6.07, 6.45) is 1.61. The summed E-state index contributed by atoms with van der Waals surface area (Å²) in [5.74, 6) is 4.13. The van der Waals surface area contributed by atoms with Gasteiger partial charge in [-0.15, -0.1) is 0 Å². The van der Waals surface area contributed by atoms with Gasteiger partial charge in [0.2, 0.25) is 5.91 Å². The van der Waals surface area contributed by atoms with Crippen molar-refractivity contribution in [3.8, 4) is 17.6 Å². The van der Waals surface area contributed by atoms with Gasteiger partial charge in [0, 0.05) is 70.6 Å². The highest BCUT2D eigenvalue weighted by atomic mass is 31.3. The van der Waals surface area contributed by atoms with Gasteiger partial charge in [-0.25, -0.2) is 23.3 Å². The van der Waals surface area contributed by atoms with Crippen LogP contribution in [0.15, 0.2) is 66.8 Å². The van der Waals surface area contributed by atoms with E-state index in [0.717, 1.165) is 66.9 Å². The monoisotopic (exact) mass is 1240 g/mol. The van der Waals surface area contributed by atoms with E-state index in [1.807, 2.05) is 0 Å². The van der Waals surface area contributed by atoms with E-state index in [0.29, 0.717) is 24.0 Å². The fourth-order valence-electron chi connectivity index (χ4n) is 9.94. The number of rotatable bonds is 29. The van der Waals surface area contributed by atoms with E-state index in [4.69, 9.17) is 49.9 Å². The first-order valence-corrected chi connectivity index (χ1v) is 31.2. The van der Waals surface area contributed by atoms with E-state index >= 15 is 0 Å². The Balaban J connectivity index is 0.829. The Kier molecular flexibility index (Phi) is 21.8. The highest BCUT2D eigenvalue weighted by Crippen LogP contribution is 2.66. The lowest BCUT2D eigenvalue weighted by atomic mass is 9.69. The molecule has 6 unspecified atom stereocenters. The van der Waals surface area contributed by atoms with Gasteiger partial charge in [-0.2, -0.15) is 13.6 Å². The van der Waals surface area contributed by atoms with Crippen molar-refractivity contribution in [3.05, 3.63) is 112 Å². The van der Waals surface area contributed by atoms with E-state index in [2.05, 4.69) is 94.0 Å². The zero-order valence-electron chi connectivity index (χ0n) is 46.6. The Bertz CT molecular complexity index is 3620. The molecule has 7 N–H and O–H groups in total. The van der Waals surface area contributed by atoms with E-state index in [9.17, 15) is 47.5 Å². The summed E-state index contributed by atoms with van der Waals surface area (Å²) in [6.45, 7) is 7.93. The number of aromatic nitrogens is 2. The van der Waals surface area contributed by atoms with Crippen molar-refractivity contribution in [3.63, 3.8) is 0 Å². The first-order chi connectivity index (χ1) is 40.1. The minimum Gasteiger partial charge on any atom is -0.491 e. The first kappa shape index (κ1) is 65.7. The fourth-order valence-corrected chi connectivity index (χ4v) is 13.0. The third-order valence-electron chi connectivity index (χ3n) is 14.3. The zero-order chi connectivity index (χ0) is 61.9. The molecule has 34 heteroatoms. The lowest BCUT2D eigenvalue weighted by Crippen LogP contribution is -2.44. The van der Waals surface area contributed by atoms with Gasteiger partial charge in [0.05, 0.1) is 24.8 Å². The fraction of sp³-hybridized carbons (Fsp3) is 0.529. The quantitative estimate of drug-likeness (QED) is 0.00451. The maximum atomic E-state index is 13.4. The van der Waals surface area contributed by atoms with Crippen LogP contribution in [0.1, 0.15) is 136 Å². The molecule has 3 aliphatic rings. The standard InChI is InChI=1S/C51H64N11O20P3/c1-50(2)17-20-61-21-18-51(3,4)44-45(61)36(50)24-33-23-35(48(66)80-46(33)44)38(64)16-9-7-5-6-8-15-37(63)31-12-10-14-34(22-31)75-29-42(58-60-54)76-28-41(65)55-19-11-13-32-26-62(49(67)57-47(32)52)43-25-39(77-30-56-59-53)40(79-43)27-78-84(71,72)82-85(73,74)81-83(68,69)70/h10,12,14,22-24,26,39-40,42-43H,5-9,15-21,25,27-30H2,1-4H3,(H,55,65)(H,71,72)(H,73,74)(H2,52,57,67)(H2,68,69,70). The number of nitrogens with two attached hydrogens (primary N) is 1. The second-order valence-electron chi connectivity index (χ2n) is 21.3. The molecular formula is C51H64N11O20P3. The van der Waals surface area contributed by atoms with Gasteiger partial charge in [0.25, 0.3) is 0 Å². The molecular weight excluding hydrogens is 1180 g/mol. The number of ketones is 2. The molecule has 4 aromatic rings. The lowest BCUT2D eigenvalue weighted by molar-refractivity contribution is -0.127. The van der Waals surface area contributed by atoms with Gasteiger partial charge in [-0.1, -0.05) is 81.2 Å². The van der Waals surface area contributed by atoms with Crippen molar-refractivity contribution in [1.82, 2.24) is 14.9 Å². The second kappa shape index (κ2) is 28.2. The molecule has 2 aromatic carbocycles. The second-order valence-corrected chi connectivity index (χ2v) is 25.7. The van der Waals surface area contributed by atoms with Crippen LogP contribution in [0.3, 0.4) is 0 Å². The van der Waals surface area contributed by atoms with Gasteiger partial charge < -0.3 is 58.9 Å². The number of hydrogen-bond donors (Lipinski definition) is 6. The van der Waals surface area contributed by atoms with Crippen LogP contribution >= 0.6 is 23.5 Å². The number of benzene rings is 2. The average molecular weight is 1240 g/mol. The number of carbonyl (C=O) groups excluding carboxylic acids is 3. The summed E-state index contributed by atoms with van der Waals surface area (Å²) in [7, 11) is -17.1. The number of unbranched alkanes of at least 4 members (excludes halogenated alkanes) is 4. The van der Waals surface area contributed by atoms with Crippen molar-refractivity contribution in [2.45, 2.75) is 127 Å². The average Bonchev–Trinajstić information content (AvgIpc) is 1.20. The largest absolute Gasteiger partial charge is 0.491 e. The van der Waals surface area contributed by atoms with Gasteiger partial charge in [-0.3, -0.25) is 23.5 Å². The maximum absolute atomic E-state index is 13.4. The van der Waals surface area contributed by atoms with E-state index in [1.54, 1.807) is 24.3 Å². The number of nitrogens with zero attached hydrogens (tertiary/aromatic N) is 9. The van der Waals surface area contributed by atoms with Crippen LogP contribution in [0.5, 0.6) is 5.75 Å². The number of carbonyl (C=O) groups is 3. The van der Waals surface area contributed by atoms with Crippen LogP contribution in [0.4, 0.5) is 11.5 Å². The molecule has 1 saturated heterocycles. The number of anilines is 2. The molecule has 31 nitrogen and oxygen atoms in total. The Morgan fingerprint density at radius 3 is 2.35 bits per heavy atom. The number of hydrogen-bond acceptors (Lipinski definition) is 21. The highest BCUT2D eigenvalue weighted by Gasteiger charge is 2.45. The SMILES string of the molecule is CC1(C)CCN2CCC(C)(C)c3c2c1cc1cc(C(=O)CCCCCCCC(=O)c2cccc(OCC(N=[N+]=[N-])OCC(=O)NCC#Cc4cn(C5CC(OCN=[N+]=[N-])C(COP(=O)(O)OP(=O)(O)OP(=O)(O)O)O5)c(=O)nc4N)c2)c(=O)oc31. The van der Waals surface area contributed by atoms with E-state index in [1.165, 1.54) is 17.3 Å². The Hall–Kier alpha value is -6.79. The normalized spacial score (nSPS) is 19.4. The summed E-state index contributed by atoms with van der Waals surface area (Å²) in [4.78, 5) is 114. The molecule has 2 aromatic heterocycles. The number of fused-ring (bicyclic) bond motifs is 2. The number of nitrogens with one attached hydrogen (secondary N) is 1.